The molecule has 0 unspecified atom stereocenters. The summed E-state index contributed by atoms with van der Waals surface area (Å²) in [5.74, 6) is -0.143. The second kappa shape index (κ2) is 4.45. The average molecular weight is 208 g/mol. The lowest BCUT2D eigenvalue weighted by molar-refractivity contribution is -0.384. The Morgan fingerprint density at radius 2 is 1.80 bits per heavy atom. The first-order chi connectivity index (χ1) is 7.00. The van der Waals surface area contributed by atoms with E-state index < -0.39 is 10.9 Å². The van der Waals surface area contributed by atoms with Gasteiger partial charge in [0.05, 0.1) is 4.92 Å². The molecule has 0 aliphatic rings. The van der Waals surface area contributed by atoms with Crippen LogP contribution in [-0.2, 0) is 5.11 Å². The standard InChI is InChI=1S/C10H10NO4/c1-7(2)10(12)15-9-5-3-8(4-6-9)11(13)14/h3-6H,1-2H3. The van der Waals surface area contributed by atoms with Crippen LogP contribution in [0.25, 0.3) is 0 Å². The minimum absolute atomic E-state index is 0.0352. The van der Waals surface area contributed by atoms with Gasteiger partial charge in [-0.1, -0.05) is 0 Å². The molecule has 0 N–H and O–H groups in total. The summed E-state index contributed by atoms with van der Waals surface area (Å²) in [6.07, 6.45) is 0. The lowest BCUT2D eigenvalue weighted by Gasteiger charge is -2.02. The van der Waals surface area contributed by atoms with Gasteiger partial charge in [0, 0.05) is 17.7 Å². The van der Waals surface area contributed by atoms with Crippen LogP contribution in [0.3, 0.4) is 0 Å². The highest BCUT2D eigenvalue weighted by atomic mass is 16.6. The Bertz CT molecular complexity index is 390. The predicted molar refractivity (Wildman–Crippen MR) is 52.8 cm³/mol. The molecule has 0 saturated carbocycles. The highest BCUT2D eigenvalue weighted by molar-refractivity contribution is 5.36. The van der Waals surface area contributed by atoms with Crippen LogP contribution in [0.1, 0.15) is 13.8 Å². The molecule has 15 heavy (non-hydrogen) atoms. The summed E-state index contributed by atoms with van der Waals surface area (Å²) in [5.41, 5.74) is 0.486. The maximum absolute atomic E-state index is 11.1. The van der Waals surface area contributed by atoms with Gasteiger partial charge in [-0.15, -0.1) is 0 Å². The van der Waals surface area contributed by atoms with Gasteiger partial charge in [-0.25, -0.2) is 5.11 Å². The van der Waals surface area contributed by atoms with Crippen LogP contribution in [0.4, 0.5) is 5.69 Å². The summed E-state index contributed by atoms with van der Waals surface area (Å²) < 4.78 is 4.91. The van der Waals surface area contributed by atoms with E-state index in [2.05, 4.69) is 0 Å². The first-order valence-electron chi connectivity index (χ1n) is 4.27. The second-order valence-corrected chi connectivity index (χ2v) is 3.14. The van der Waals surface area contributed by atoms with Crippen LogP contribution in [0, 0.1) is 10.1 Å². The van der Waals surface area contributed by atoms with Gasteiger partial charge in [-0.05, 0) is 26.0 Å². The lowest BCUT2D eigenvalue weighted by Crippen LogP contribution is -1.95. The third-order valence-corrected chi connectivity index (χ3v) is 1.67. The number of rotatable bonds is 3. The number of hydrogen-bond acceptors (Lipinski definition) is 3. The maximum Gasteiger partial charge on any atom is 0.334 e. The molecule has 0 atom stereocenters. The van der Waals surface area contributed by atoms with Gasteiger partial charge in [0.15, 0.2) is 0 Å². The Balaban J connectivity index is 2.82. The van der Waals surface area contributed by atoms with E-state index in [9.17, 15) is 15.2 Å². The molecule has 0 aromatic heterocycles. The van der Waals surface area contributed by atoms with Gasteiger partial charge < -0.3 is 4.74 Å². The van der Waals surface area contributed by atoms with Crippen LogP contribution in [0.15, 0.2) is 35.8 Å². The Morgan fingerprint density at radius 1 is 1.27 bits per heavy atom. The third kappa shape index (κ3) is 2.98. The molecule has 0 fully saturated rings. The molecule has 0 aliphatic carbocycles. The Kier molecular flexibility index (Phi) is 3.28. The molecule has 1 aromatic carbocycles. The van der Waals surface area contributed by atoms with Crippen molar-refractivity contribution in [3.8, 4) is 5.75 Å². The molecule has 1 radical (unpaired) electrons. The number of nitro groups is 1. The molecule has 0 saturated heterocycles. The monoisotopic (exact) mass is 208 g/mol. The van der Waals surface area contributed by atoms with E-state index in [1.54, 1.807) is 13.8 Å². The van der Waals surface area contributed by atoms with E-state index in [1.165, 1.54) is 24.3 Å². The topological polar surface area (TPSA) is 72.3 Å². The summed E-state index contributed by atoms with van der Waals surface area (Å²) >= 11 is 0. The van der Waals surface area contributed by atoms with Gasteiger partial charge >= 0.3 is 5.95 Å². The fourth-order valence-electron chi connectivity index (χ4n) is 0.845. The SMILES string of the molecule is CC(C)=C([O])Oc1ccc([N+](=O)[O-])cc1. The van der Waals surface area contributed by atoms with Gasteiger partial charge in [0.1, 0.15) is 5.75 Å². The molecule has 0 aliphatic heterocycles. The number of hydrogen-bond donors (Lipinski definition) is 0. The fraction of sp³-hybridized carbons (Fsp3) is 0.200. The van der Waals surface area contributed by atoms with Crippen molar-refractivity contribution < 1.29 is 14.8 Å². The van der Waals surface area contributed by atoms with E-state index in [4.69, 9.17) is 4.74 Å². The second-order valence-electron chi connectivity index (χ2n) is 3.14. The molecule has 0 bridgehead atoms. The Labute approximate surface area is 86.8 Å². The molecule has 0 spiro atoms. The molecular formula is C10H10NO4. The molecule has 1 rings (SSSR count). The van der Waals surface area contributed by atoms with E-state index in [-0.39, 0.29) is 5.69 Å². The maximum atomic E-state index is 11.1. The van der Waals surface area contributed by atoms with Crippen LogP contribution in [0.2, 0.25) is 0 Å². The number of non-ortho nitro benzene ring substituents is 1. The minimum Gasteiger partial charge on any atom is -0.423 e. The lowest BCUT2D eigenvalue weighted by atomic mass is 10.3. The minimum atomic E-state index is -0.511. The largest absolute Gasteiger partial charge is 0.423 e. The molecule has 1 aromatic rings. The van der Waals surface area contributed by atoms with Crippen molar-refractivity contribution in [2.24, 2.45) is 0 Å². The van der Waals surface area contributed by atoms with E-state index >= 15 is 0 Å². The quantitative estimate of drug-likeness (QED) is 0.435. The molecule has 0 heterocycles. The molecular weight excluding hydrogens is 198 g/mol. The molecule has 0 amide bonds. The zero-order valence-corrected chi connectivity index (χ0v) is 8.39. The highest BCUT2D eigenvalue weighted by Crippen LogP contribution is 2.19. The molecule has 5 heteroatoms. The normalized spacial score (nSPS) is 9.47. The first kappa shape index (κ1) is 11.0. The van der Waals surface area contributed by atoms with Crippen molar-refractivity contribution in [3.05, 3.63) is 45.9 Å². The van der Waals surface area contributed by atoms with Crippen molar-refractivity contribution in [2.45, 2.75) is 13.8 Å². The van der Waals surface area contributed by atoms with Crippen LogP contribution >= 0.6 is 0 Å². The zero-order valence-electron chi connectivity index (χ0n) is 8.39. The van der Waals surface area contributed by atoms with Crippen molar-refractivity contribution >= 4 is 5.69 Å². The fourth-order valence-corrected chi connectivity index (χ4v) is 0.845. The summed E-state index contributed by atoms with van der Waals surface area (Å²) in [4.78, 5) is 9.83. The van der Waals surface area contributed by atoms with E-state index in [0.29, 0.717) is 11.3 Å². The van der Waals surface area contributed by atoms with Crippen LogP contribution in [-0.4, -0.2) is 4.92 Å². The van der Waals surface area contributed by atoms with Gasteiger partial charge in [-0.3, -0.25) is 10.1 Å². The Morgan fingerprint density at radius 3 is 2.20 bits per heavy atom. The third-order valence-electron chi connectivity index (χ3n) is 1.67. The van der Waals surface area contributed by atoms with Crippen molar-refractivity contribution in [2.75, 3.05) is 0 Å². The van der Waals surface area contributed by atoms with Crippen molar-refractivity contribution in [1.82, 2.24) is 0 Å². The summed E-state index contributed by atoms with van der Waals surface area (Å²) in [6.45, 7) is 3.27. The van der Waals surface area contributed by atoms with E-state index in [0.717, 1.165) is 0 Å². The van der Waals surface area contributed by atoms with Crippen LogP contribution < -0.4 is 4.74 Å². The molecule has 5 nitrogen and oxygen atoms in total. The summed E-state index contributed by atoms with van der Waals surface area (Å²) in [5, 5.41) is 21.5. The molecule has 79 valence electrons. The van der Waals surface area contributed by atoms with Crippen molar-refractivity contribution in [3.63, 3.8) is 0 Å². The number of benzene rings is 1. The summed E-state index contributed by atoms with van der Waals surface area (Å²) in [7, 11) is 0. The number of nitro benzene ring substituents is 1. The van der Waals surface area contributed by atoms with Crippen LogP contribution in [0.5, 0.6) is 5.75 Å². The highest BCUT2D eigenvalue weighted by Gasteiger charge is 2.06. The summed E-state index contributed by atoms with van der Waals surface area (Å²) in [6, 6.07) is 5.35. The predicted octanol–water partition coefficient (Wildman–Crippen LogP) is 2.66. The zero-order chi connectivity index (χ0) is 11.4. The first-order valence-corrected chi connectivity index (χ1v) is 4.27. The average Bonchev–Trinajstić information content (AvgIpc) is 2.18. The van der Waals surface area contributed by atoms with Gasteiger partial charge in [0.25, 0.3) is 5.69 Å². The van der Waals surface area contributed by atoms with E-state index in [1.807, 2.05) is 0 Å². The smallest absolute Gasteiger partial charge is 0.334 e. The Hall–Kier alpha value is -2.04. The number of allylic oxidation sites excluding steroid dienone is 1. The number of ether oxygens (including phenoxy) is 1. The van der Waals surface area contributed by atoms with Gasteiger partial charge in [-0.2, -0.15) is 0 Å². The van der Waals surface area contributed by atoms with Gasteiger partial charge in [0.2, 0.25) is 0 Å². The van der Waals surface area contributed by atoms with Crippen molar-refractivity contribution in [1.29, 1.82) is 0 Å². The number of nitrogens with zero attached hydrogens (tertiary/aromatic N) is 1.